The molecule has 0 fully saturated rings. The van der Waals surface area contributed by atoms with Gasteiger partial charge >= 0.3 is 0 Å². The van der Waals surface area contributed by atoms with Crippen molar-refractivity contribution in [3.63, 3.8) is 0 Å². The van der Waals surface area contributed by atoms with Crippen LogP contribution in [0.4, 0.5) is 0 Å². The van der Waals surface area contributed by atoms with Crippen molar-refractivity contribution in [3.8, 4) is 17.2 Å². The summed E-state index contributed by atoms with van der Waals surface area (Å²) >= 11 is 0. The quantitative estimate of drug-likeness (QED) is 0.727. The second-order valence-corrected chi connectivity index (χ2v) is 5.96. The summed E-state index contributed by atoms with van der Waals surface area (Å²) in [5.74, 6) is 1.06. The molecule has 2 atom stereocenters. The molecule has 0 aliphatic rings. The van der Waals surface area contributed by atoms with Crippen LogP contribution in [-0.4, -0.2) is 39.9 Å². The van der Waals surface area contributed by atoms with Gasteiger partial charge in [0.2, 0.25) is 5.75 Å². The summed E-state index contributed by atoms with van der Waals surface area (Å²) in [5, 5.41) is 3.00. The predicted molar refractivity (Wildman–Crippen MR) is 104 cm³/mol. The number of carbonyl (C=O) groups excluding carboxylic acids is 1. The van der Waals surface area contributed by atoms with Gasteiger partial charge < -0.3 is 24.3 Å². The highest BCUT2D eigenvalue weighted by molar-refractivity contribution is 5.95. The van der Waals surface area contributed by atoms with Gasteiger partial charge in [-0.15, -0.1) is 0 Å². The second-order valence-electron chi connectivity index (χ2n) is 5.96. The van der Waals surface area contributed by atoms with Crippen molar-refractivity contribution in [1.82, 2.24) is 5.32 Å². The van der Waals surface area contributed by atoms with Gasteiger partial charge in [0.25, 0.3) is 5.91 Å². The average Bonchev–Trinajstić information content (AvgIpc) is 2.71. The largest absolute Gasteiger partial charge is 0.493 e. The Hall–Kier alpha value is -2.73. The number of carbonyl (C=O) groups is 1. The smallest absolute Gasteiger partial charge is 0.251 e. The number of amides is 1. The maximum atomic E-state index is 12.8. The third-order valence-corrected chi connectivity index (χ3v) is 4.21. The van der Waals surface area contributed by atoms with Crippen LogP contribution in [-0.2, 0) is 4.74 Å². The molecule has 0 heterocycles. The lowest BCUT2D eigenvalue weighted by molar-refractivity contribution is 0.0362. The molecule has 2 rings (SSSR count). The van der Waals surface area contributed by atoms with E-state index < -0.39 is 0 Å². The molecule has 6 nitrogen and oxygen atoms in total. The van der Waals surface area contributed by atoms with E-state index in [-0.39, 0.29) is 18.1 Å². The fourth-order valence-electron chi connectivity index (χ4n) is 2.93. The summed E-state index contributed by atoms with van der Waals surface area (Å²) in [6.07, 6.45) is -0.248. The number of rotatable bonds is 9. The lowest BCUT2D eigenvalue weighted by Crippen LogP contribution is -2.38. The molecule has 1 N–H and O–H groups in total. The molecule has 0 saturated carbocycles. The minimum Gasteiger partial charge on any atom is -0.493 e. The zero-order valence-corrected chi connectivity index (χ0v) is 16.4. The monoisotopic (exact) mass is 373 g/mol. The molecule has 0 aliphatic heterocycles. The van der Waals surface area contributed by atoms with Crippen LogP contribution in [0.3, 0.4) is 0 Å². The number of ether oxygens (including phenoxy) is 4. The van der Waals surface area contributed by atoms with Gasteiger partial charge in [-0.1, -0.05) is 30.3 Å². The van der Waals surface area contributed by atoms with E-state index >= 15 is 0 Å². The fourth-order valence-corrected chi connectivity index (χ4v) is 2.93. The SMILES string of the molecule is CCOC(c1ccccc1)C(C)NC(=O)c1cc(OC)c(OC)c(OC)c1. The molecule has 6 heteroatoms. The normalized spacial score (nSPS) is 12.8. The zero-order chi connectivity index (χ0) is 19.8. The molecule has 0 radical (unpaired) electrons. The van der Waals surface area contributed by atoms with E-state index in [0.29, 0.717) is 29.4 Å². The molecule has 0 bridgehead atoms. The van der Waals surface area contributed by atoms with E-state index in [0.717, 1.165) is 5.56 Å². The Morgan fingerprint density at radius 1 is 1.00 bits per heavy atom. The van der Waals surface area contributed by atoms with Crippen LogP contribution in [0.25, 0.3) is 0 Å². The van der Waals surface area contributed by atoms with Crippen LogP contribution in [0.2, 0.25) is 0 Å². The van der Waals surface area contributed by atoms with Crippen LogP contribution >= 0.6 is 0 Å². The van der Waals surface area contributed by atoms with E-state index in [1.54, 1.807) is 12.1 Å². The maximum Gasteiger partial charge on any atom is 0.251 e. The topological polar surface area (TPSA) is 66.0 Å². The predicted octanol–water partition coefficient (Wildman–Crippen LogP) is 3.61. The Labute approximate surface area is 160 Å². The highest BCUT2D eigenvalue weighted by atomic mass is 16.5. The Morgan fingerprint density at radius 3 is 2.07 bits per heavy atom. The van der Waals surface area contributed by atoms with Crippen LogP contribution in [0.5, 0.6) is 17.2 Å². The third-order valence-electron chi connectivity index (χ3n) is 4.21. The van der Waals surface area contributed by atoms with Crippen LogP contribution < -0.4 is 19.5 Å². The first kappa shape index (κ1) is 20.6. The minimum atomic E-state index is -0.248. The first-order valence-corrected chi connectivity index (χ1v) is 8.83. The molecule has 0 spiro atoms. The van der Waals surface area contributed by atoms with E-state index in [2.05, 4.69) is 5.32 Å². The van der Waals surface area contributed by atoms with Crippen molar-refractivity contribution in [1.29, 1.82) is 0 Å². The van der Waals surface area contributed by atoms with Crippen LogP contribution in [0, 0.1) is 0 Å². The average molecular weight is 373 g/mol. The summed E-state index contributed by atoms with van der Waals surface area (Å²) in [4.78, 5) is 12.8. The third kappa shape index (κ3) is 4.92. The Bertz CT molecular complexity index is 722. The molecule has 0 aromatic heterocycles. The molecule has 146 valence electrons. The van der Waals surface area contributed by atoms with Crippen molar-refractivity contribution in [2.75, 3.05) is 27.9 Å². The van der Waals surface area contributed by atoms with Crippen molar-refractivity contribution >= 4 is 5.91 Å². The molecule has 27 heavy (non-hydrogen) atoms. The Kier molecular flexibility index (Phi) is 7.49. The Morgan fingerprint density at radius 2 is 1.59 bits per heavy atom. The number of hydrogen-bond acceptors (Lipinski definition) is 5. The molecule has 2 aromatic carbocycles. The molecule has 1 amide bonds. The number of benzene rings is 2. The van der Waals surface area contributed by atoms with Crippen molar-refractivity contribution in [3.05, 3.63) is 53.6 Å². The molecule has 0 saturated heterocycles. The summed E-state index contributed by atoms with van der Waals surface area (Å²) in [5.41, 5.74) is 1.43. The standard InChI is InChI=1S/C21H27NO5/c1-6-27-19(15-10-8-7-9-11-15)14(2)22-21(23)16-12-17(24-3)20(26-5)18(13-16)25-4/h7-14,19H,6H2,1-5H3,(H,22,23). The summed E-state index contributed by atoms with van der Waals surface area (Å²) in [6, 6.07) is 12.9. The molecular formula is C21H27NO5. The minimum absolute atomic E-state index is 0.237. The maximum absolute atomic E-state index is 12.8. The van der Waals surface area contributed by atoms with Gasteiger partial charge in [-0.25, -0.2) is 0 Å². The van der Waals surface area contributed by atoms with Gasteiger partial charge in [0.1, 0.15) is 6.10 Å². The highest BCUT2D eigenvalue weighted by Crippen LogP contribution is 2.38. The lowest BCUT2D eigenvalue weighted by atomic mass is 10.0. The van der Waals surface area contributed by atoms with Gasteiger partial charge in [0, 0.05) is 12.2 Å². The van der Waals surface area contributed by atoms with E-state index in [1.807, 2.05) is 44.2 Å². The second kappa shape index (κ2) is 9.83. The van der Waals surface area contributed by atoms with Gasteiger partial charge in [0.05, 0.1) is 27.4 Å². The van der Waals surface area contributed by atoms with Gasteiger partial charge in [-0.05, 0) is 31.5 Å². The fraction of sp³-hybridized carbons (Fsp3) is 0.381. The van der Waals surface area contributed by atoms with Gasteiger partial charge in [0.15, 0.2) is 11.5 Å². The van der Waals surface area contributed by atoms with Gasteiger partial charge in [-0.2, -0.15) is 0 Å². The van der Waals surface area contributed by atoms with Crippen molar-refractivity contribution in [2.45, 2.75) is 26.0 Å². The van der Waals surface area contributed by atoms with E-state index in [1.165, 1.54) is 21.3 Å². The summed E-state index contributed by atoms with van der Waals surface area (Å²) < 4.78 is 21.8. The van der Waals surface area contributed by atoms with Crippen molar-refractivity contribution in [2.24, 2.45) is 0 Å². The Balaban J connectivity index is 2.24. The first-order valence-electron chi connectivity index (χ1n) is 8.83. The molecule has 0 aliphatic carbocycles. The molecule has 2 unspecified atom stereocenters. The highest BCUT2D eigenvalue weighted by Gasteiger charge is 2.23. The number of hydrogen-bond donors (Lipinski definition) is 1. The zero-order valence-electron chi connectivity index (χ0n) is 16.4. The van der Waals surface area contributed by atoms with E-state index in [9.17, 15) is 4.79 Å². The van der Waals surface area contributed by atoms with Crippen LogP contribution in [0.15, 0.2) is 42.5 Å². The summed E-state index contributed by atoms with van der Waals surface area (Å²) in [7, 11) is 4.55. The molecule has 2 aromatic rings. The van der Waals surface area contributed by atoms with Crippen molar-refractivity contribution < 1.29 is 23.7 Å². The molecular weight excluding hydrogens is 346 g/mol. The van der Waals surface area contributed by atoms with E-state index in [4.69, 9.17) is 18.9 Å². The lowest BCUT2D eigenvalue weighted by Gasteiger charge is -2.25. The van der Waals surface area contributed by atoms with Gasteiger partial charge in [-0.3, -0.25) is 4.79 Å². The first-order chi connectivity index (χ1) is 13.0. The number of methoxy groups -OCH3 is 3. The number of nitrogens with one attached hydrogen (secondary N) is 1. The summed E-state index contributed by atoms with van der Waals surface area (Å²) in [6.45, 7) is 4.40. The van der Waals surface area contributed by atoms with Crippen LogP contribution in [0.1, 0.15) is 35.9 Å².